The number of anilines is 2. The summed E-state index contributed by atoms with van der Waals surface area (Å²) >= 11 is 6.41. The molecule has 1 aromatic carbocycles. The molecule has 0 radical (unpaired) electrons. The zero-order valence-corrected chi connectivity index (χ0v) is 14.3. The van der Waals surface area contributed by atoms with Crippen LogP contribution < -0.4 is 16.2 Å². The predicted octanol–water partition coefficient (Wildman–Crippen LogP) is 3.54. The SMILES string of the molecule is C=CCNc1cc(-c2c(Cl)n3n(c2=O)CCCC3)c(F)cc1NC. The molecule has 1 aromatic heterocycles. The monoisotopic (exact) mass is 350 g/mol. The Labute approximate surface area is 144 Å². The molecular weight excluding hydrogens is 331 g/mol. The Kier molecular flexibility index (Phi) is 4.66. The van der Waals surface area contributed by atoms with E-state index in [4.69, 9.17) is 11.6 Å². The Morgan fingerprint density at radius 2 is 2.00 bits per heavy atom. The summed E-state index contributed by atoms with van der Waals surface area (Å²) in [6.45, 7) is 5.47. The summed E-state index contributed by atoms with van der Waals surface area (Å²) in [5.74, 6) is -0.481. The summed E-state index contributed by atoms with van der Waals surface area (Å²) in [7, 11) is 1.71. The highest BCUT2D eigenvalue weighted by molar-refractivity contribution is 6.32. The first-order valence-corrected chi connectivity index (χ1v) is 8.31. The second-order valence-electron chi connectivity index (χ2n) is 5.72. The van der Waals surface area contributed by atoms with Crippen LogP contribution in [0.1, 0.15) is 12.8 Å². The molecule has 0 bridgehead atoms. The van der Waals surface area contributed by atoms with Gasteiger partial charge in [-0.05, 0) is 25.0 Å². The Morgan fingerprint density at radius 3 is 2.62 bits per heavy atom. The van der Waals surface area contributed by atoms with Gasteiger partial charge in [0.25, 0.3) is 5.56 Å². The fraction of sp³-hybridized carbons (Fsp3) is 0.353. The number of halogens is 2. The Morgan fingerprint density at radius 1 is 1.29 bits per heavy atom. The lowest BCUT2D eigenvalue weighted by Crippen LogP contribution is -2.27. The molecule has 0 amide bonds. The zero-order chi connectivity index (χ0) is 17.3. The first kappa shape index (κ1) is 16.6. The van der Waals surface area contributed by atoms with Gasteiger partial charge in [0.2, 0.25) is 0 Å². The molecule has 7 heteroatoms. The number of hydrogen-bond donors (Lipinski definition) is 2. The van der Waals surface area contributed by atoms with Crippen molar-refractivity contribution in [3.8, 4) is 11.1 Å². The number of benzene rings is 1. The highest BCUT2D eigenvalue weighted by atomic mass is 35.5. The molecule has 0 unspecified atom stereocenters. The molecule has 2 aromatic rings. The summed E-state index contributed by atoms with van der Waals surface area (Å²) in [5, 5.41) is 6.39. The van der Waals surface area contributed by atoms with Crippen molar-refractivity contribution in [3.63, 3.8) is 0 Å². The minimum absolute atomic E-state index is 0.213. The van der Waals surface area contributed by atoms with E-state index in [2.05, 4.69) is 17.2 Å². The van der Waals surface area contributed by atoms with Crippen LogP contribution in [-0.4, -0.2) is 23.0 Å². The number of nitrogens with one attached hydrogen (secondary N) is 2. The molecule has 5 nitrogen and oxygen atoms in total. The number of fused-ring (bicyclic) bond motifs is 1. The van der Waals surface area contributed by atoms with Gasteiger partial charge in [-0.2, -0.15) is 0 Å². The Bertz CT molecular complexity index is 840. The topological polar surface area (TPSA) is 51.0 Å². The van der Waals surface area contributed by atoms with E-state index >= 15 is 0 Å². The third kappa shape index (κ3) is 2.71. The maximum atomic E-state index is 14.6. The molecule has 2 heterocycles. The third-order valence-corrected chi connectivity index (χ3v) is 4.63. The Balaban J connectivity index is 2.18. The van der Waals surface area contributed by atoms with Crippen LogP contribution in [0.4, 0.5) is 15.8 Å². The molecule has 1 aliphatic heterocycles. The lowest BCUT2D eigenvalue weighted by atomic mass is 10.1. The smallest absolute Gasteiger partial charge is 0.276 e. The quantitative estimate of drug-likeness (QED) is 0.811. The summed E-state index contributed by atoms with van der Waals surface area (Å²) in [5.41, 5.74) is 1.49. The second kappa shape index (κ2) is 6.73. The molecule has 0 saturated heterocycles. The summed E-state index contributed by atoms with van der Waals surface area (Å²) in [6.07, 6.45) is 3.59. The van der Waals surface area contributed by atoms with Crippen molar-refractivity contribution in [3.05, 3.63) is 46.1 Å². The lowest BCUT2D eigenvalue weighted by molar-refractivity contribution is 0.356. The van der Waals surface area contributed by atoms with Crippen LogP contribution in [0.15, 0.2) is 29.6 Å². The number of aromatic nitrogens is 2. The van der Waals surface area contributed by atoms with E-state index in [0.717, 1.165) is 12.8 Å². The normalized spacial score (nSPS) is 13.5. The van der Waals surface area contributed by atoms with Crippen molar-refractivity contribution >= 4 is 23.0 Å². The molecule has 0 fully saturated rings. The van der Waals surface area contributed by atoms with E-state index in [1.54, 1.807) is 28.6 Å². The van der Waals surface area contributed by atoms with Crippen LogP contribution in [0.5, 0.6) is 0 Å². The van der Waals surface area contributed by atoms with Gasteiger partial charge in [0.05, 0.1) is 16.9 Å². The maximum absolute atomic E-state index is 14.6. The first-order chi connectivity index (χ1) is 11.6. The summed E-state index contributed by atoms with van der Waals surface area (Å²) in [4.78, 5) is 12.7. The van der Waals surface area contributed by atoms with Crippen molar-refractivity contribution in [2.75, 3.05) is 24.2 Å². The molecule has 2 N–H and O–H groups in total. The fourth-order valence-corrected chi connectivity index (χ4v) is 3.41. The van der Waals surface area contributed by atoms with E-state index in [1.165, 1.54) is 6.07 Å². The van der Waals surface area contributed by atoms with E-state index in [1.807, 2.05) is 0 Å². The third-order valence-electron chi connectivity index (χ3n) is 4.25. The fourth-order valence-electron chi connectivity index (χ4n) is 3.05. The van der Waals surface area contributed by atoms with Gasteiger partial charge < -0.3 is 10.6 Å². The van der Waals surface area contributed by atoms with Crippen molar-refractivity contribution in [1.82, 2.24) is 9.36 Å². The minimum Gasteiger partial charge on any atom is -0.386 e. The van der Waals surface area contributed by atoms with Gasteiger partial charge in [-0.15, -0.1) is 6.58 Å². The maximum Gasteiger partial charge on any atom is 0.276 e. The number of nitrogens with zero attached hydrogens (tertiary/aromatic N) is 2. The molecule has 128 valence electrons. The van der Waals surface area contributed by atoms with Crippen LogP contribution in [0.3, 0.4) is 0 Å². The lowest BCUT2D eigenvalue weighted by Gasteiger charge is -2.17. The average molecular weight is 351 g/mol. The molecule has 24 heavy (non-hydrogen) atoms. The van der Waals surface area contributed by atoms with Crippen LogP contribution in [-0.2, 0) is 13.1 Å². The highest BCUT2D eigenvalue weighted by Gasteiger charge is 2.24. The molecule has 3 rings (SSSR count). The van der Waals surface area contributed by atoms with Gasteiger partial charge in [-0.1, -0.05) is 17.7 Å². The van der Waals surface area contributed by atoms with Crippen LogP contribution in [0.2, 0.25) is 5.15 Å². The van der Waals surface area contributed by atoms with E-state index in [-0.39, 0.29) is 16.7 Å². The van der Waals surface area contributed by atoms with Crippen LogP contribution in [0.25, 0.3) is 11.1 Å². The minimum atomic E-state index is -0.481. The van der Waals surface area contributed by atoms with Gasteiger partial charge in [-0.3, -0.25) is 9.48 Å². The molecular formula is C17H20ClFN4O. The molecule has 0 spiro atoms. The molecule has 0 atom stereocenters. The highest BCUT2D eigenvalue weighted by Crippen LogP contribution is 2.34. The standard InChI is InChI=1S/C17H20ClFN4O/c1-3-6-21-14-9-11(12(19)10-13(14)20-2)15-16(18)22-7-4-5-8-23(22)17(15)24/h3,9-10,20-21H,1,4-8H2,2H3. The van der Waals surface area contributed by atoms with Gasteiger partial charge in [0, 0.05) is 32.2 Å². The first-order valence-electron chi connectivity index (χ1n) is 7.94. The largest absolute Gasteiger partial charge is 0.386 e. The van der Waals surface area contributed by atoms with E-state index in [9.17, 15) is 9.18 Å². The number of hydrogen-bond acceptors (Lipinski definition) is 3. The van der Waals surface area contributed by atoms with Crippen molar-refractivity contribution in [1.29, 1.82) is 0 Å². The van der Waals surface area contributed by atoms with Crippen molar-refractivity contribution < 1.29 is 4.39 Å². The summed E-state index contributed by atoms with van der Waals surface area (Å²) in [6, 6.07) is 3.00. The van der Waals surface area contributed by atoms with Crippen LogP contribution in [0, 0.1) is 5.82 Å². The van der Waals surface area contributed by atoms with Crippen LogP contribution >= 0.6 is 11.6 Å². The molecule has 0 saturated carbocycles. The average Bonchev–Trinajstić information content (AvgIpc) is 2.85. The molecule has 1 aliphatic rings. The predicted molar refractivity (Wildman–Crippen MR) is 96.6 cm³/mol. The number of rotatable bonds is 5. The second-order valence-corrected chi connectivity index (χ2v) is 6.08. The van der Waals surface area contributed by atoms with E-state index < -0.39 is 5.82 Å². The van der Waals surface area contributed by atoms with Crippen molar-refractivity contribution in [2.24, 2.45) is 0 Å². The summed E-state index contributed by atoms with van der Waals surface area (Å²) < 4.78 is 18.0. The van der Waals surface area contributed by atoms with Gasteiger partial charge in [-0.25, -0.2) is 9.07 Å². The van der Waals surface area contributed by atoms with Gasteiger partial charge in [0.15, 0.2) is 0 Å². The molecule has 0 aliphatic carbocycles. The van der Waals surface area contributed by atoms with E-state index in [0.29, 0.717) is 36.2 Å². The van der Waals surface area contributed by atoms with Gasteiger partial charge >= 0.3 is 0 Å². The van der Waals surface area contributed by atoms with Crippen molar-refractivity contribution in [2.45, 2.75) is 25.9 Å². The van der Waals surface area contributed by atoms with Gasteiger partial charge in [0.1, 0.15) is 11.0 Å². The Hall–Kier alpha value is -2.21. The zero-order valence-electron chi connectivity index (χ0n) is 13.5.